The van der Waals surface area contributed by atoms with Gasteiger partial charge in [0.15, 0.2) is 0 Å². The lowest BCUT2D eigenvalue weighted by Gasteiger charge is -2.42. The smallest absolute Gasteiger partial charge is 0.130 e. The second-order valence-corrected chi connectivity index (χ2v) is 9.11. The fourth-order valence-corrected chi connectivity index (χ4v) is 4.02. The lowest BCUT2D eigenvalue weighted by atomic mass is 9.75. The van der Waals surface area contributed by atoms with Crippen LogP contribution in [0, 0.1) is 0 Å². The van der Waals surface area contributed by atoms with E-state index in [-0.39, 0.29) is 17.1 Å². The Labute approximate surface area is 159 Å². The summed E-state index contributed by atoms with van der Waals surface area (Å²) in [5, 5.41) is 10.7. The van der Waals surface area contributed by atoms with E-state index in [1.165, 1.54) is 31.2 Å². The van der Waals surface area contributed by atoms with E-state index < -0.39 is 11.7 Å². The Bertz CT molecular complexity index is 630. The summed E-state index contributed by atoms with van der Waals surface area (Å²) < 4.78 is 6.16. The summed E-state index contributed by atoms with van der Waals surface area (Å²) >= 11 is 0. The summed E-state index contributed by atoms with van der Waals surface area (Å²) in [7, 11) is 0. The van der Waals surface area contributed by atoms with E-state index in [0.717, 1.165) is 17.7 Å². The molecule has 0 aliphatic carbocycles. The van der Waals surface area contributed by atoms with E-state index in [0.29, 0.717) is 6.42 Å². The number of aliphatic hydroxyl groups excluding tert-OH is 1. The van der Waals surface area contributed by atoms with Crippen LogP contribution in [-0.4, -0.2) is 22.6 Å². The summed E-state index contributed by atoms with van der Waals surface area (Å²) in [4.78, 5) is 11.7. The van der Waals surface area contributed by atoms with Gasteiger partial charge in [0, 0.05) is 17.9 Å². The van der Waals surface area contributed by atoms with Crippen molar-refractivity contribution < 1.29 is 14.6 Å². The van der Waals surface area contributed by atoms with Gasteiger partial charge in [0.1, 0.15) is 23.2 Å². The van der Waals surface area contributed by atoms with Gasteiger partial charge in [-0.3, -0.25) is 0 Å². The lowest BCUT2D eigenvalue weighted by molar-refractivity contribution is -0.120. The van der Waals surface area contributed by atoms with Crippen molar-refractivity contribution in [1.82, 2.24) is 0 Å². The van der Waals surface area contributed by atoms with Gasteiger partial charge in [-0.15, -0.1) is 0 Å². The number of ketones is 1. The number of hydrogen-bond acceptors (Lipinski definition) is 3. The van der Waals surface area contributed by atoms with Crippen LogP contribution in [0.2, 0.25) is 0 Å². The van der Waals surface area contributed by atoms with Gasteiger partial charge < -0.3 is 14.6 Å². The maximum absolute atomic E-state index is 11.7. The minimum absolute atomic E-state index is 0.0857. The highest BCUT2D eigenvalue weighted by atomic mass is 16.5. The number of hydrogen-bond donors (Lipinski definition) is 1. The molecule has 1 aromatic carbocycles. The summed E-state index contributed by atoms with van der Waals surface area (Å²) in [6.07, 6.45) is 5.86. The molecule has 0 spiro atoms. The van der Waals surface area contributed by atoms with Crippen molar-refractivity contribution in [1.29, 1.82) is 0 Å². The molecule has 2 unspecified atom stereocenters. The standard InChI is InChI=1S/C23H36O3/c1-7-8-9-10-13-22(3,4)17-11-12-18-19(14-16(2)24)21(25)23(5,6)26-20(18)15-17/h11-12,15,19,21,25H,7-10,13-14H2,1-6H3. The van der Waals surface area contributed by atoms with Gasteiger partial charge in [-0.1, -0.05) is 58.6 Å². The summed E-state index contributed by atoms with van der Waals surface area (Å²) in [6, 6.07) is 6.35. The van der Waals surface area contributed by atoms with E-state index in [4.69, 9.17) is 4.74 Å². The molecule has 0 bridgehead atoms. The lowest BCUT2D eigenvalue weighted by Crippen LogP contribution is -2.49. The fraction of sp³-hybridized carbons (Fsp3) is 0.696. The number of carbonyl (C=O) groups excluding carboxylic acids is 1. The third-order valence-corrected chi connectivity index (χ3v) is 5.82. The van der Waals surface area contributed by atoms with E-state index >= 15 is 0 Å². The molecule has 0 radical (unpaired) electrons. The predicted molar refractivity (Wildman–Crippen MR) is 107 cm³/mol. The first-order valence-corrected chi connectivity index (χ1v) is 10.1. The number of rotatable bonds is 8. The SMILES string of the molecule is CCCCCCC(C)(C)c1ccc2c(c1)OC(C)(C)C(O)C2CC(C)=O. The van der Waals surface area contributed by atoms with Crippen LogP contribution < -0.4 is 4.74 Å². The maximum atomic E-state index is 11.7. The fourth-order valence-electron chi connectivity index (χ4n) is 4.02. The first-order valence-electron chi connectivity index (χ1n) is 10.1. The molecule has 26 heavy (non-hydrogen) atoms. The number of ether oxygens (including phenoxy) is 1. The topological polar surface area (TPSA) is 46.5 Å². The molecule has 1 aliphatic rings. The monoisotopic (exact) mass is 360 g/mol. The Hall–Kier alpha value is -1.35. The molecule has 3 heteroatoms. The minimum atomic E-state index is -0.697. The molecule has 1 aromatic rings. The van der Waals surface area contributed by atoms with Gasteiger partial charge in [0.2, 0.25) is 0 Å². The number of benzene rings is 1. The first-order chi connectivity index (χ1) is 12.1. The van der Waals surface area contributed by atoms with Crippen molar-refractivity contribution in [3.8, 4) is 5.75 Å². The van der Waals surface area contributed by atoms with E-state index in [1.54, 1.807) is 6.92 Å². The number of aliphatic hydroxyl groups is 1. The molecule has 3 nitrogen and oxygen atoms in total. The summed E-state index contributed by atoms with van der Waals surface area (Å²) in [5.41, 5.74) is 1.61. The average Bonchev–Trinajstić information content (AvgIpc) is 2.54. The second-order valence-electron chi connectivity index (χ2n) is 9.11. The van der Waals surface area contributed by atoms with Crippen LogP contribution in [0.1, 0.15) is 97.1 Å². The molecule has 2 rings (SSSR count). The Morgan fingerprint density at radius 3 is 2.54 bits per heavy atom. The summed E-state index contributed by atoms with van der Waals surface area (Å²) in [6.45, 7) is 12.2. The number of carbonyl (C=O) groups is 1. The van der Waals surface area contributed by atoms with Gasteiger partial charge >= 0.3 is 0 Å². The van der Waals surface area contributed by atoms with Crippen LogP contribution in [0.5, 0.6) is 5.75 Å². The maximum Gasteiger partial charge on any atom is 0.130 e. The molecular formula is C23H36O3. The van der Waals surface area contributed by atoms with Crippen LogP contribution in [0.25, 0.3) is 0 Å². The Morgan fingerprint density at radius 1 is 1.23 bits per heavy atom. The van der Waals surface area contributed by atoms with Crippen molar-refractivity contribution in [2.24, 2.45) is 0 Å². The van der Waals surface area contributed by atoms with E-state index in [2.05, 4.69) is 39.0 Å². The van der Waals surface area contributed by atoms with Crippen LogP contribution in [0.15, 0.2) is 18.2 Å². The van der Waals surface area contributed by atoms with Gasteiger partial charge in [-0.2, -0.15) is 0 Å². The number of fused-ring (bicyclic) bond motifs is 1. The molecule has 0 saturated heterocycles. The number of Topliss-reactive ketones (excluding diaryl/α,β-unsaturated/α-hetero) is 1. The average molecular weight is 361 g/mol. The van der Waals surface area contributed by atoms with Crippen molar-refractivity contribution in [2.45, 2.75) is 103 Å². The van der Waals surface area contributed by atoms with Gasteiger partial charge in [0.25, 0.3) is 0 Å². The molecule has 0 aromatic heterocycles. The zero-order chi connectivity index (χ0) is 19.5. The van der Waals surface area contributed by atoms with Gasteiger partial charge in [-0.05, 0) is 44.2 Å². The van der Waals surface area contributed by atoms with Crippen molar-refractivity contribution in [3.05, 3.63) is 29.3 Å². The molecule has 1 N–H and O–H groups in total. The zero-order valence-corrected chi connectivity index (χ0v) is 17.4. The molecule has 0 amide bonds. The Balaban J connectivity index is 2.29. The number of unbranched alkanes of at least 4 members (excludes halogenated alkanes) is 3. The molecule has 0 saturated carbocycles. The van der Waals surface area contributed by atoms with Crippen LogP contribution in [0.3, 0.4) is 0 Å². The van der Waals surface area contributed by atoms with Crippen molar-refractivity contribution in [2.75, 3.05) is 0 Å². The highest BCUT2D eigenvalue weighted by Crippen LogP contribution is 2.45. The summed E-state index contributed by atoms with van der Waals surface area (Å²) in [5.74, 6) is 0.719. The zero-order valence-electron chi connectivity index (χ0n) is 17.4. The third-order valence-electron chi connectivity index (χ3n) is 5.82. The highest BCUT2D eigenvalue weighted by Gasteiger charge is 2.43. The molecular weight excluding hydrogens is 324 g/mol. The molecule has 0 fully saturated rings. The quantitative estimate of drug-likeness (QED) is 0.620. The first kappa shape index (κ1) is 21.0. The molecule has 1 aliphatic heterocycles. The molecule has 146 valence electrons. The van der Waals surface area contributed by atoms with Gasteiger partial charge in [-0.25, -0.2) is 0 Å². The highest BCUT2D eigenvalue weighted by molar-refractivity contribution is 5.77. The largest absolute Gasteiger partial charge is 0.485 e. The third kappa shape index (κ3) is 4.68. The van der Waals surface area contributed by atoms with Gasteiger partial charge in [0.05, 0.1) is 0 Å². The van der Waals surface area contributed by atoms with Crippen LogP contribution in [-0.2, 0) is 10.2 Å². The van der Waals surface area contributed by atoms with Crippen LogP contribution >= 0.6 is 0 Å². The normalized spacial score (nSPS) is 21.8. The van der Waals surface area contributed by atoms with Crippen molar-refractivity contribution in [3.63, 3.8) is 0 Å². The van der Waals surface area contributed by atoms with Crippen molar-refractivity contribution >= 4 is 5.78 Å². The second kappa shape index (κ2) is 8.12. The van der Waals surface area contributed by atoms with Crippen LogP contribution in [0.4, 0.5) is 0 Å². The molecule has 2 atom stereocenters. The Kier molecular flexibility index (Phi) is 6.55. The van der Waals surface area contributed by atoms with E-state index in [9.17, 15) is 9.90 Å². The molecule has 1 heterocycles. The minimum Gasteiger partial charge on any atom is -0.485 e. The Morgan fingerprint density at radius 2 is 1.92 bits per heavy atom. The van der Waals surface area contributed by atoms with E-state index in [1.807, 2.05) is 13.8 Å². The predicted octanol–water partition coefficient (Wildman–Crippen LogP) is 5.53.